The van der Waals surface area contributed by atoms with E-state index in [1.54, 1.807) is 26.2 Å². The molecule has 0 unspecified atom stereocenters. The number of esters is 1. The molecule has 0 radical (unpaired) electrons. The predicted molar refractivity (Wildman–Crippen MR) is 121 cm³/mol. The third-order valence-electron chi connectivity index (χ3n) is 4.30. The SMILES string of the molecule is COc1ccc(Cc2nc(C(=O)Nc3nc(C)c(C(=O)OCC(C)C)s3)cc(=O)[nH]2)cc1. The lowest BCUT2D eigenvalue weighted by molar-refractivity contribution is 0.0463. The summed E-state index contributed by atoms with van der Waals surface area (Å²) >= 11 is 1.01. The van der Waals surface area contributed by atoms with Gasteiger partial charge in [0, 0.05) is 12.5 Å². The number of methoxy groups -OCH3 is 1. The van der Waals surface area contributed by atoms with E-state index in [0.29, 0.717) is 29.4 Å². The topological polar surface area (TPSA) is 123 Å². The van der Waals surface area contributed by atoms with Gasteiger partial charge in [0.15, 0.2) is 5.13 Å². The van der Waals surface area contributed by atoms with E-state index in [9.17, 15) is 14.4 Å². The minimum atomic E-state index is -0.595. The van der Waals surface area contributed by atoms with Gasteiger partial charge in [0.2, 0.25) is 0 Å². The largest absolute Gasteiger partial charge is 0.497 e. The second-order valence-electron chi connectivity index (χ2n) is 7.48. The molecule has 32 heavy (non-hydrogen) atoms. The van der Waals surface area contributed by atoms with Crippen LogP contribution in [0.4, 0.5) is 5.13 Å². The van der Waals surface area contributed by atoms with Gasteiger partial charge in [-0.2, -0.15) is 0 Å². The molecule has 0 spiro atoms. The summed E-state index contributed by atoms with van der Waals surface area (Å²) in [5.41, 5.74) is 0.862. The van der Waals surface area contributed by atoms with Gasteiger partial charge in [-0.15, -0.1) is 0 Å². The Bertz CT molecular complexity index is 1170. The number of benzene rings is 1. The highest BCUT2D eigenvalue weighted by atomic mass is 32.1. The molecule has 0 aliphatic rings. The highest BCUT2D eigenvalue weighted by Gasteiger charge is 2.19. The molecule has 0 saturated carbocycles. The van der Waals surface area contributed by atoms with Crippen molar-refractivity contribution in [2.45, 2.75) is 27.2 Å². The zero-order valence-corrected chi connectivity index (χ0v) is 19.0. The number of aromatic amines is 1. The molecule has 1 amide bonds. The maximum atomic E-state index is 12.7. The van der Waals surface area contributed by atoms with Gasteiger partial charge in [0.05, 0.1) is 19.4 Å². The molecule has 3 rings (SSSR count). The van der Waals surface area contributed by atoms with E-state index in [4.69, 9.17) is 9.47 Å². The molecular formula is C22H24N4O5S. The summed E-state index contributed by atoms with van der Waals surface area (Å²) in [7, 11) is 1.58. The summed E-state index contributed by atoms with van der Waals surface area (Å²) in [4.78, 5) is 48.4. The van der Waals surface area contributed by atoms with Crippen LogP contribution in [0.1, 0.15) is 51.1 Å². The Morgan fingerprint density at radius 1 is 1.19 bits per heavy atom. The minimum Gasteiger partial charge on any atom is -0.497 e. The average molecular weight is 457 g/mol. The number of rotatable bonds is 8. The van der Waals surface area contributed by atoms with Crippen molar-refractivity contribution in [3.05, 3.63) is 68.3 Å². The van der Waals surface area contributed by atoms with Crippen molar-refractivity contribution in [1.82, 2.24) is 15.0 Å². The van der Waals surface area contributed by atoms with Gasteiger partial charge in [-0.05, 0) is 30.5 Å². The first-order chi connectivity index (χ1) is 15.2. The summed E-state index contributed by atoms with van der Waals surface area (Å²) in [5.74, 6) is 0.199. The molecule has 0 aliphatic heterocycles. The molecule has 0 aliphatic carbocycles. The number of amides is 1. The Morgan fingerprint density at radius 3 is 2.56 bits per heavy atom. The summed E-state index contributed by atoms with van der Waals surface area (Å²) in [6.45, 7) is 5.84. The first-order valence-electron chi connectivity index (χ1n) is 9.94. The van der Waals surface area contributed by atoms with Crippen molar-refractivity contribution in [2.75, 3.05) is 19.0 Å². The van der Waals surface area contributed by atoms with E-state index in [1.165, 1.54) is 0 Å². The van der Waals surface area contributed by atoms with Crippen molar-refractivity contribution in [3.8, 4) is 5.75 Å². The van der Waals surface area contributed by atoms with E-state index in [0.717, 1.165) is 28.7 Å². The average Bonchev–Trinajstić information content (AvgIpc) is 3.12. The van der Waals surface area contributed by atoms with Crippen LogP contribution < -0.4 is 15.6 Å². The number of hydrogen-bond donors (Lipinski definition) is 2. The van der Waals surface area contributed by atoms with Gasteiger partial charge < -0.3 is 14.5 Å². The fourth-order valence-corrected chi connectivity index (χ4v) is 3.61. The third kappa shape index (κ3) is 6.01. The number of nitrogens with one attached hydrogen (secondary N) is 2. The first kappa shape index (κ1) is 23.1. The molecule has 0 fully saturated rings. The van der Waals surface area contributed by atoms with Crippen LogP contribution in [0.2, 0.25) is 0 Å². The van der Waals surface area contributed by atoms with Gasteiger partial charge in [0.1, 0.15) is 22.1 Å². The van der Waals surface area contributed by atoms with Crippen LogP contribution >= 0.6 is 11.3 Å². The molecule has 2 heterocycles. The summed E-state index contributed by atoms with van der Waals surface area (Å²) in [6, 6.07) is 8.43. The molecule has 0 saturated heterocycles. The van der Waals surface area contributed by atoms with E-state index in [1.807, 2.05) is 26.0 Å². The third-order valence-corrected chi connectivity index (χ3v) is 5.36. The Kier molecular flexibility index (Phi) is 7.37. The molecule has 10 heteroatoms. The van der Waals surface area contributed by atoms with Gasteiger partial charge in [-0.25, -0.2) is 14.8 Å². The van der Waals surface area contributed by atoms with E-state index >= 15 is 0 Å². The van der Waals surface area contributed by atoms with E-state index < -0.39 is 17.4 Å². The second-order valence-corrected chi connectivity index (χ2v) is 8.48. The molecule has 2 aromatic heterocycles. The number of anilines is 1. The smallest absolute Gasteiger partial charge is 0.350 e. The van der Waals surface area contributed by atoms with Crippen LogP contribution in [0.5, 0.6) is 5.75 Å². The Labute approximate surface area is 188 Å². The second kappa shape index (κ2) is 10.2. The number of aromatic nitrogens is 3. The normalized spacial score (nSPS) is 10.8. The fourth-order valence-electron chi connectivity index (χ4n) is 2.75. The van der Waals surface area contributed by atoms with Crippen molar-refractivity contribution in [2.24, 2.45) is 5.92 Å². The molecular weight excluding hydrogens is 432 g/mol. The highest BCUT2D eigenvalue weighted by Crippen LogP contribution is 2.24. The molecule has 168 valence electrons. The number of H-pyrrole nitrogens is 1. The number of carbonyl (C=O) groups excluding carboxylic acids is 2. The minimum absolute atomic E-state index is 0.0472. The standard InChI is InChI=1S/C22H24N4O5S/c1-12(2)11-31-21(29)19-13(3)23-22(32-19)26-20(28)16-10-18(27)25-17(24-16)9-14-5-7-15(30-4)8-6-14/h5-8,10,12H,9,11H2,1-4H3,(H,23,26,28)(H,24,25,27). The summed E-state index contributed by atoms with van der Waals surface area (Å²) < 4.78 is 10.4. The lowest BCUT2D eigenvalue weighted by Crippen LogP contribution is -2.20. The maximum absolute atomic E-state index is 12.7. The van der Waals surface area contributed by atoms with Crippen molar-refractivity contribution in [1.29, 1.82) is 0 Å². The predicted octanol–water partition coefficient (Wildman–Crippen LogP) is 3.20. The lowest BCUT2D eigenvalue weighted by atomic mass is 10.1. The van der Waals surface area contributed by atoms with Crippen LogP contribution in [0.25, 0.3) is 0 Å². The Hall–Kier alpha value is -3.53. The first-order valence-corrected chi connectivity index (χ1v) is 10.8. The monoisotopic (exact) mass is 456 g/mol. The lowest BCUT2D eigenvalue weighted by Gasteiger charge is -2.06. The number of nitrogens with zero attached hydrogens (tertiary/aromatic N) is 2. The van der Waals surface area contributed by atoms with E-state index in [-0.39, 0.29) is 16.7 Å². The summed E-state index contributed by atoms with van der Waals surface area (Å²) in [5, 5.41) is 2.83. The molecule has 3 aromatic rings. The maximum Gasteiger partial charge on any atom is 0.350 e. The van der Waals surface area contributed by atoms with Gasteiger partial charge in [0.25, 0.3) is 11.5 Å². The molecule has 0 bridgehead atoms. The van der Waals surface area contributed by atoms with Crippen LogP contribution in [0.15, 0.2) is 35.1 Å². The van der Waals surface area contributed by atoms with Gasteiger partial charge in [-0.3, -0.25) is 14.9 Å². The molecule has 0 atom stereocenters. The van der Waals surface area contributed by atoms with Crippen LogP contribution in [0.3, 0.4) is 0 Å². The Balaban J connectivity index is 1.73. The van der Waals surface area contributed by atoms with Crippen molar-refractivity contribution >= 4 is 28.3 Å². The molecule has 1 aromatic carbocycles. The van der Waals surface area contributed by atoms with Crippen LogP contribution in [-0.4, -0.2) is 40.5 Å². The van der Waals surface area contributed by atoms with Gasteiger partial charge >= 0.3 is 5.97 Å². The fraction of sp³-hybridized carbons (Fsp3) is 0.318. The van der Waals surface area contributed by atoms with Crippen LogP contribution in [-0.2, 0) is 11.2 Å². The highest BCUT2D eigenvalue weighted by molar-refractivity contribution is 7.17. The number of thiazole rings is 1. The Morgan fingerprint density at radius 2 is 1.91 bits per heavy atom. The summed E-state index contributed by atoms with van der Waals surface area (Å²) in [6.07, 6.45) is 0.336. The number of aryl methyl sites for hydroxylation is 1. The van der Waals surface area contributed by atoms with Gasteiger partial charge in [-0.1, -0.05) is 37.3 Å². The number of carbonyl (C=O) groups is 2. The van der Waals surface area contributed by atoms with Crippen molar-refractivity contribution < 1.29 is 19.1 Å². The van der Waals surface area contributed by atoms with Crippen molar-refractivity contribution in [3.63, 3.8) is 0 Å². The number of ether oxygens (including phenoxy) is 2. The quantitative estimate of drug-likeness (QED) is 0.499. The van der Waals surface area contributed by atoms with E-state index in [2.05, 4.69) is 20.3 Å². The number of hydrogen-bond acceptors (Lipinski definition) is 8. The van der Waals surface area contributed by atoms with Crippen LogP contribution in [0, 0.1) is 12.8 Å². The molecule has 9 nitrogen and oxygen atoms in total. The molecule has 2 N–H and O–H groups in total. The zero-order chi connectivity index (χ0) is 23.3. The zero-order valence-electron chi connectivity index (χ0n) is 18.2.